The van der Waals surface area contributed by atoms with Gasteiger partial charge in [0.2, 0.25) is 0 Å². The smallest absolute Gasteiger partial charge is 0.0363 e. The second-order valence-electron chi connectivity index (χ2n) is 5.91. The van der Waals surface area contributed by atoms with Crippen LogP contribution in [0.3, 0.4) is 0 Å². The molecule has 1 aliphatic carbocycles. The molecule has 2 rings (SSSR count). The molecule has 2 heteroatoms. The summed E-state index contributed by atoms with van der Waals surface area (Å²) >= 11 is 4.63. The molecule has 1 nitrogen and oxygen atoms in total. The van der Waals surface area contributed by atoms with Crippen molar-refractivity contribution in [3.63, 3.8) is 0 Å². The predicted molar refractivity (Wildman–Crippen MR) is 83.8 cm³/mol. The van der Waals surface area contributed by atoms with Gasteiger partial charge in [-0.15, -0.1) is 0 Å². The molecular formula is C16H25NS. The molecule has 0 atom stereocenters. The van der Waals surface area contributed by atoms with E-state index in [-0.39, 0.29) is 0 Å². The summed E-state index contributed by atoms with van der Waals surface area (Å²) < 4.78 is 0. The maximum absolute atomic E-state index is 4.63. The summed E-state index contributed by atoms with van der Waals surface area (Å²) in [5.74, 6) is 1.02. The SMILES string of the molecule is Cc1ccc(N(C)CC2(CS)CCCCC2)cc1. The van der Waals surface area contributed by atoms with Gasteiger partial charge in [0.25, 0.3) is 0 Å². The zero-order valence-electron chi connectivity index (χ0n) is 11.7. The Kier molecular flexibility index (Phi) is 4.60. The molecule has 1 fully saturated rings. The lowest BCUT2D eigenvalue weighted by Crippen LogP contribution is -2.38. The molecule has 0 aliphatic heterocycles. The summed E-state index contributed by atoms with van der Waals surface area (Å²) in [5.41, 5.74) is 3.09. The number of nitrogens with zero attached hydrogens (tertiary/aromatic N) is 1. The number of thiol groups is 1. The molecule has 0 radical (unpaired) electrons. The topological polar surface area (TPSA) is 3.24 Å². The number of anilines is 1. The monoisotopic (exact) mass is 263 g/mol. The molecule has 1 aromatic carbocycles. The van der Waals surface area contributed by atoms with Crippen molar-refractivity contribution < 1.29 is 0 Å². The minimum Gasteiger partial charge on any atom is -0.374 e. The van der Waals surface area contributed by atoms with Crippen molar-refractivity contribution in [3.8, 4) is 0 Å². The lowest BCUT2D eigenvalue weighted by Gasteiger charge is -2.39. The average Bonchev–Trinajstić information content (AvgIpc) is 2.40. The van der Waals surface area contributed by atoms with Gasteiger partial charge in [0.1, 0.15) is 0 Å². The van der Waals surface area contributed by atoms with E-state index in [1.54, 1.807) is 0 Å². The molecule has 0 amide bonds. The Bertz CT molecular complexity index is 365. The molecule has 0 heterocycles. The highest BCUT2D eigenvalue weighted by atomic mass is 32.1. The Hall–Kier alpha value is -0.630. The van der Waals surface area contributed by atoms with Crippen molar-refractivity contribution in [1.82, 2.24) is 0 Å². The Balaban J connectivity index is 2.04. The van der Waals surface area contributed by atoms with Crippen LogP contribution < -0.4 is 4.90 Å². The number of benzene rings is 1. The van der Waals surface area contributed by atoms with E-state index in [9.17, 15) is 0 Å². The zero-order valence-corrected chi connectivity index (χ0v) is 12.5. The highest BCUT2D eigenvalue weighted by molar-refractivity contribution is 7.80. The van der Waals surface area contributed by atoms with E-state index in [2.05, 4.69) is 55.8 Å². The van der Waals surface area contributed by atoms with Gasteiger partial charge >= 0.3 is 0 Å². The summed E-state index contributed by atoms with van der Waals surface area (Å²) in [6, 6.07) is 8.84. The molecule has 0 bridgehead atoms. The highest BCUT2D eigenvalue weighted by Crippen LogP contribution is 2.38. The van der Waals surface area contributed by atoms with Crippen LogP contribution in [0.5, 0.6) is 0 Å². The largest absolute Gasteiger partial charge is 0.374 e. The Morgan fingerprint density at radius 3 is 2.28 bits per heavy atom. The summed E-state index contributed by atoms with van der Waals surface area (Å²) in [6.07, 6.45) is 6.84. The number of rotatable bonds is 4. The van der Waals surface area contributed by atoms with E-state index in [0.29, 0.717) is 5.41 Å². The fraction of sp³-hybridized carbons (Fsp3) is 0.625. The van der Waals surface area contributed by atoms with E-state index in [1.165, 1.54) is 43.4 Å². The minimum atomic E-state index is 0.432. The van der Waals surface area contributed by atoms with Gasteiger partial charge in [-0.2, -0.15) is 12.6 Å². The molecule has 1 aromatic rings. The van der Waals surface area contributed by atoms with Crippen molar-refractivity contribution in [2.24, 2.45) is 5.41 Å². The lowest BCUT2D eigenvalue weighted by molar-refractivity contribution is 0.230. The number of hydrogen-bond acceptors (Lipinski definition) is 2. The van der Waals surface area contributed by atoms with Gasteiger partial charge in [-0.05, 0) is 43.1 Å². The molecule has 18 heavy (non-hydrogen) atoms. The Labute approximate surface area is 117 Å². The molecule has 1 aliphatic rings. The van der Waals surface area contributed by atoms with Crippen LogP contribution in [-0.2, 0) is 0 Å². The molecule has 0 N–H and O–H groups in total. The normalized spacial score (nSPS) is 18.6. The van der Waals surface area contributed by atoms with Gasteiger partial charge in [0, 0.05) is 19.3 Å². The first-order chi connectivity index (χ1) is 8.65. The Morgan fingerprint density at radius 1 is 1.11 bits per heavy atom. The summed E-state index contributed by atoms with van der Waals surface area (Å²) in [4.78, 5) is 2.40. The van der Waals surface area contributed by atoms with Gasteiger partial charge in [-0.1, -0.05) is 37.0 Å². The van der Waals surface area contributed by atoms with Gasteiger partial charge in [0.05, 0.1) is 0 Å². The highest BCUT2D eigenvalue weighted by Gasteiger charge is 2.31. The van der Waals surface area contributed by atoms with Gasteiger partial charge in [-0.3, -0.25) is 0 Å². The maximum Gasteiger partial charge on any atom is 0.0363 e. The van der Waals surface area contributed by atoms with E-state index in [4.69, 9.17) is 0 Å². The minimum absolute atomic E-state index is 0.432. The zero-order chi connectivity index (χ0) is 13.0. The quantitative estimate of drug-likeness (QED) is 0.792. The molecule has 100 valence electrons. The van der Waals surface area contributed by atoms with Crippen LogP contribution in [0.1, 0.15) is 37.7 Å². The summed E-state index contributed by atoms with van der Waals surface area (Å²) in [6.45, 7) is 3.28. The van der Waals surface area contributed by atoms with Crippen LogP contribution in [0.2, 0.25) is 0 Å². The molecule has 0 spiro atoms. The molecule has 0 unspecified atom stereocenters. The van der Waals surface area contributed by atoms with Crippen LogP contribution in [-0.4, -0.2) is 19.3 Å². The van der Waals surface area contributed by atoms with E-state index in [1.807, 2.05) is 0 Å². The number of hydrogen-bond donors (Lipinski definition) is 1. The maximum atomic E-state index is 4.63. The summed E-state index contributed by atoms with van der Waals surface area (Å²) in [5, 5.41) is 0. The second-order valence-corrected chi connectivity index (χ2v) is 6.23. The van der Waals surface area contributed by atoms with Crippen LogP contribution >= 0.6 is 12.6 Å². The van der Waals surface area contributed by atoms with Gasteiger partial charge in [0.15, 0.2) is 0 Å². The Morgan fingerprint density at radius 2 is 1.72 bits per heavy atom. The van der Waals surface area contributed by atoms with Crippen molar-refractivity contribution in [2.45, 2.75) is 39.0 Å². The van der Waals surface area contributed by atoms with Crippen LogP contribution in [0.4, 0.5) is 5.69 Å². The fourth-order valence-corrected chi connectivity index (χ4v) is 3.48. The van der Waals surface area contributed by atoms with E-state index in [0.717, 1.165) is 12.3 Å². The third kappa shape index (κ3) is 3.23. The van der Waals surface area contributed by atoms with Crippen LogP contribution in [0.15, 0.2) is 24.3 Å². The fourth-order valence-electron chi connectivity index (χ4n) is 3.06. The third-order valence-electron chi connectivity index (χ3n) is 4.30. The molecule has 0 saturated heterocycles. The third-order valence-corrected chi connectivity index (χ3v) is 4.97. The number of aryl methyl sites for hydroxylation is 1. The standard InChI is InChI=1S/C16H25NS/c1-14-6-8-15(9-7-14)17(2)12-16(13-18)10-4-3-5-11-16/h6-9,18H,3-5,10-13H2,1-2H3. The predicted octanol–water partition coefficient (Wildman–Crippen LogP) is 4.31. The lowest BCUT2D eigenvalue weighted by atomic mass is 9.75. The second kappa shape index (κ2) is 6.01. The first kappa shape index (κ1) is 13.8. The van der Waals surface area contributed by atoms with Crippen molar-refractivity contribution in [1.29, 1.82) is 0 Å². The molecule has 1 saturated carbocycles. The van der Waals surface area contributed by atoms with Crippen molar-refractivity contribution in [2.75, 3.05) is 24.2 Å². The molecule has 0 aromatic heterocycles. The van der Waals surface area contributed by atoms with Gasteiger partial charge in [-0.25, -0.2) is 0 Å². The average molecular weight is 263 g/mol. The van der Waals surface area contributed by atoms with Gasteiger partial charge < -0.3 is 4.90 Å². The van der Waals surface area contributed by atoms with Crippen molar-refractivity contribution in [3.05, 3.63) is 29.8 Å². The van der Waals surface area contributed by atoms with Crippen LogP contribution in [0.25, 0.3) is 0 Å². The van der Waals surface area contributed by atoms with Crippen molar-refractivity contribution >= 4 is 18.3 Å². The first-order valence-corrected chi connectivity index (χ1v) is 7.67. The molecular weight excluding hydrogens is 238 g/mol. The van der Waals surface area contributed by atoms with E-state index < -0.39 is 0 Å². The van der Waals surface area contributed by atoms with Crippen LogP contribution in [0, 0.1) is 12.3 Å². The summed E-state index contributed by atoms with van der Waals surface area (Å²) in [7, 11) is 2.21. The van der Waals surface area contributed by atoms with E-state index >= 15 is 0 Å². The first-order valence-electron chi connectivity index (χ1n) is 7.04.